The number of rotatable bonds is 3. The van der Waals surface area contributed by atoms with Crippen LogP contribution in [0.1, 0.15) is 80.5 Å². The summed E-state index contributed by atoms with van der Waals surface area (Å²) in [6.45, 7) is 14.4. The van der Waals surface area contributed by atoms with Gasteiger partial charge in [0.1, 0.15) is 18.9 Å². The summed E-state index contributed by atoms with van der Waals surface area (Å²) in [5, 5.41) is 0. The summed E-state index contributed by atoms with van der Waals surface area (Å²) in [4.78, 5) is 0. The molecule has 0 aliphatic heterocycles. The van der Waals surface area contributed by atoms with Crippen LogP contribution in [0.15, 0.2) is 102 Å². The van der Waals surface area contributed by atoms with Crippen molar-refractivity contribution in [1.29, 1.82) is 0 Å². The topological polar surface area (TPSA) is 0 Å². The van der Waals surface area contributed by atoms with Gasteiger partial charge in [0, 0.05) is 10.0 Å². The van der Waals surface area contributed by atoms with Crippen LogP contribution in [0.3, 0.4) is 0 Å². The SMILES string of the molecule is CC(C)[Si](C#CC12c3ccccc3C(C#Cc3ccc(Br)cc3)(c3ccccc31)c1ccccc12)(C(C)C)C(C)C. The summed E-state index contributed by atoms with van der Waals surface area (Å²) in [5.41, 5.74) is 13.4. The van der Waals surface area contributed by atoms with Crippen LogP contribution >= 0.6 is 15.9 Å². The van der Waals surface area contributed by atoms with E-state index in [-0.39, 0.29) is 0 Å². The molecule has 7 rings (SSSR count). The minimum atomic E-state index is -2.00. The van der Waals surface area contributed by atoms with Crippen LogP contribution in [0, 0.1) is 23.3 Å². The number of benzene rings is 4. The van der Waals surface area contributed by atoms with Gasteiger partial charge in [-0.2, -0.15) is 0 Å². The minimum absolute atomic E-state index is 0.526. The number of hydrogen-bond donors (Lipinski definition) is 0. The molecule has 41 heavy (non-hydrogen) atoms. The lowest BCUT2D eigenvalue weighted by molar-refractivity contribution is 0.605. The summed E-state index contributed by atoms with van der Waals surface area (Å²) in [7, 11) is -2.00. The molecule has 2 heteroatoms. The molecule has 4 aromatic rings. The summed E-state index contributed by atoms with van der Waals surface area (Å²) in [6, 6.07) is 35.2. The van der Waals surface area contributed by atoms with Crippen LogP contribution in [0.5, 0.6) is 0 Å². The van der Waals surface area contributed by atoms with Gasteiger partial charge in [-0.25, -0.2) is 0 Å². The van der Waals surface area contributed by atoms with Crippen LogP contribution in [-0.4, -0.2) is 8.07 Å². The Morgan fingerprint density at radius 2 is 0.854 bits per heavy atom. The molecule has 3 aliphatic rings. The maximum atomic E-state index is 4.16. The largest absolute Gasteiger partial charge is 0.146 e. The van der Waals surface area contributed by atoms with Crippen molar-refractivity contribution in [3.63, 3.8) is 0 Å². The molecule has 0 spiro atoms. The van der Waals surface area contributed by atoms with Gasteiger partial charge in [-0.3, -0.25) is 0 Å². The molecule has 0 saturated heterocycles. The lowest BCUT2D eigenvalue weighted by Crippen LogP contribution is -2.50. The zero-order valence-corrected chi connectivity index (χ0v) is 27.4. The lowest BCUT2D eigenvalue weighted by atomic mass is 9.47. The van der Waals surface area contributed by atoms with E-state index in [1.807, 2.05) is 0 Å². The predicted molar refractivity (Wildman–Crippen MR) is 179 cm³/mol. The first-order valence-electron chi connectivity index (χ1n) is 14.8. The van der Waals surface area contributed by atoms with Gasteiger partial charge in [-0.05, 0) is 74.3 Å². The first-order chi connectivity index (χ1) is 19.7. The van der Waals surface area contributed by atoms with E-state index >= 15 is 0 Å². The highest BCUT2D eigenvalue weighted by Crippen LogP contribution is 2.61. The highest BCUT2D eigenvalue weighted by atomic mass is 79.9. The maximum Gasteiger partial charge on any atom is 0.146 e. The smallest absolute Gasteiger partial charge is 0.129 e. The van der Waals surface area contributed by atoms with Crippen molar-refractivity contribution in [3.8, 4) is 23.3 Å². The Morgan fingerprint density at radius 3 is 1.20 bits per heavy atom. The van der Waals surface area contributed by atoms with E-state index in [2.05, 4.69) is 178 Å². The standard InChI is InChI=1S/C39H37BrSi/c1-27(2)41(28(3)4,29(5)6)26-25-39-35-16-10-7-13-32(35)38(33-14-8-11-17-36(33)39,34-15-9-12-18-37(34)39)24-23-30-19-21-31(40)22-20-30/h7-22,27-29H,1-6H3. The Morgan fingerprint density at radius 1 is 0.512 bits per heavy atom. The maximum absolute atomic E-state index is 4.16. The summed E-state index contributed by atoms with van der Waals surface area (Å²) in [5.74, 6) is 11.6. The van der Waals surface area contributed by atoms with Crippen molar-refractivity contribution in [2.75, 3.05) is 0 Å². The highest BCUT2D eigenvalue weighted by molar-refractivity contribution is 9.10. The number of hydrogen-bond acceptors (Lipinski definition) is 0. The van der Waals surface area contributed by atoms with Crippen LogP contribution in [0.4, 0.5) is 0 Å². The monoisotopic (exact) mass is 612 g/mol. The molecule has 0 aromatic heterocycles. The van der Waals surface area contributed by atoms with Gasteiger partial charge in [0.25, 0.3) is 0 Å². The van der Waals surface area contributed by atoms with Crippen molar-refractivity contribution in [3.05, 3.63) is 140 Å². The van der Waals surface area contributed by atoms with E-state index in [4.69, 9.17) is 0 Å². The molecule has 2 bridgehead atoms. The van der Waals surface area contributed by atoms with Crippen molar-refractivity contribution in [2.45, 2.75) is 69.0 Å². The van der Waals surface area contributed by atoms with Gasteiger partial charge in [0.15, 0.2) is 0 Å². The van der Waals surface area contributed by atoms with Gasteiger partial charge < -0.3 is 0 Å². The lowest BCUT2D eigenvalue weighted by Gasteiger charge is -2.53. The average Bonchev–Trinajstić information content (AvgIpc) is 2.97. The molecule has 0 N–H and O–H groups in total. The molecular formula is C39H37BrSi. The Balaban J connectivity index is 1.73. The van der Waals surface area contributed by atoms with Crippen molar-refractivity contribution in [1.82, 2.24) is 0 Å². The highest BCUT2D eigenvalue weighted by Gasteiger charge is 2.58. The fourth-order valence-electron chi connectivity index (χ4n) is 8.02. The second-order valence-corrected chi connectivity index (χ2v) is 19.0. The van der Waals surface area contributed by atoms with Gasteiger partial charge in [0.2, 0.25) is 0 Å². The summed E-state index contributed by atoms with van der Waals surface area (Å²) < 4.78 is 1.06. The molecule has 0 amide bonds. The van der Waals surface area contributed by atoms with E-state index in [9.17, 15) is 0 Å². The third-order valence-electron chi connectivity index (χ3n) is 9.78. The van der Waals surface area contributed by atoms with Crippen molar-refractivity contribution < 1.29 is 0 Å². The van der Waals surface area contributed by atoms with E-state index < -0.39 is 18.9 Å². The van der Waals surface area contributed by atoms with Crippen LogP contribution in [-0.2, 0) is 10.8 Å². The third kappa shape index (κ3) is 3.88. The number of halogens is 1. The molecule has 0 fully saturated rings. The van der Waals surface area contributed by atoms with Crippen molar-refractivity contribution in [2.24, 2.45) is 0 Å². The zero-order chi connectivity index (χ0) is 29.0. The van der Waals surface area contributed by atoms with Gasteiger partial charge >= 0.3 is 0 Å². The predicted octanol–water partition coefficient (Wildman–Crippen LogP) is 10.0. The van der Waals surface area contributed by atoms with E-state index in [1.54, 1.807) is 0 Å². The molecule has 0 atom stereocenters. The molecule has 0 saturated carbocycles. The van der Waals surface area contributed by atoms with Gasteiger partial charge in [-0.15, -0.1) is 5.54 Å². The average molecular weight is 614 g/mol. The minimum Gasteiger partial charge on any atom is -0.129 e. The normalized spacial score (nSPS) is 20.0. The van der Waals surface area contributed by atoms with Crippen LogP contribution < -0.4 is 0 Å². The Hall–Kier alpha value is -3.30. The first kappa shape index (κ1) is 27.8. The molecule has 204 valence electrons. The zero-order valence-electron chi connectivity index (χ0n) is 24.8. The molecule has 0 heterocycles. The third-order valence-corrected chi connectivity index (χ3v) is 16.6. The molecule has 0 unspecified atom stereocenters. The molecule has 0 radical (unpaired) electrons. The van der Waals surface area contributed by atoms with Gasteiger partial charge in [0.05, 0.1) is 0 Å². The Kier molecular flexibility index (Phi) is 6.93. The van der Waals surface area contributed by atoms with Gasteiger partial charge in [-0.1, -0.05) is 148 Å². The summed E-state index contributed by atoms with van der Waals surface area (Å²) >= 11 is 3.57. The Labute approximate surface area is 255 Å². The summed E-state index contributed by atoms with van der Waals surface area (Å²) in [6.07, 6.45) is 0. The fourth-order valence-corrected chi connectivity index (χ4v) is 13.6. The molecule has 3 aliphatic carbocycles. The first-order valence-corrected chi connectivity index (χ1v) is 17.8. The van der Waals surface area contributed by atoms with E-state index in [0.29, 0.717) is 16.6 Å². The van der Waals surface area contributed by atoms with Crippen molar-refractivity contribution >= 4 is 24.0 Å². The van der Waals surface area contributed by atoms with Crippen LogP contribution in [0.2, 0.25) is 16.6 Å². The quantitative estimate of drug-likeness (QED) is 0.159. The Bertz CT molecular complexity index is 1610. The molecule has 0 nitrogen and oxygen atoms in total. The van der Waals surface area contributed by atoms with E-state index in [1.165, 1.54) is 33.4 Å². The second-order valence-electron chi connectivity index (χ2n) is 12.5. The fraction of sp³-hybridized carbons (Fsp3) is 0.282. The molecular weight excluding hydrogens is 576 g/mol. The van der Waals surface area contributed by atoms with Crippen LogP contribution in [0.25, 0.3) is 0 Å². The second kappa shape index (κ2) is 10.2. The van der Waals surface area contributed by atoms with E-state index in [0.717, 1.165) is 10.0 Å². The molecule has 4 aromatic carbocycles.